The van der Waals surface area contributed by atoms with Crippen molar-refractivity contribution in [2.24, 2.45) is 0 Å². The lowest BCUT2D eigenvalue weighted by Crippen LogP contribution is -2.32. The molecule has 0 rings (SSSR count). The van der Waals surface area contributed by atoms with Gasteiger partial charge < -0.3 is 5.32 Å². The highest BCUT2D eigenvalue weighted by atomic mass is 33.5. The minimum Gasteiger partial charge on any atom is -0.374 e. The summed E-state index contributed by atoms with van der Waals surface area (Å²) in [5.74, 6) is 0. The topological polar surface area (TPSA) is 12.0 Å². The number of allylic oxidation sites excluding steroid dienone is 1. The van der Waals surface area contributed by atoms with Gasteiger partial charge >= 0.3 is 0 Å². The Balaban J connectivity index is 3.74. The number of rotatable bonds is 4. The van der Waals surface area contributed by atoms with E-state index in [2.05, 4.69) is 37.4 Å². The predicted octanol–water partition coefficient (Wildman–Crippen LogP) is 3.07. The van der Waals surface area contributed by atoms with Crippen LogP contribution in [0.3, 0.4) is 0 Å². The van der Waals surface area contributed by atoms with Crippen molar-refractivity contribution >= 4 is 32.3 Å². The van der Waals surface area contributed by atoms with Crippen LogP contribution in [-0.4, -0.2) is 4.87 Å². The number of hydrogen-bond acceptors (Lipinski definition) is 4. The Morgan fingerprint density at radius 1 is 1.60 bits per heavy atom. The second-order valence-electron chi connectivity index (χ2n) is 2.57. The van der Waals surface area contributed by atoms with Gasteiger partial charge in [-0.1, -0.05) is 29.0 Å². The molecule has 0 fully saturated rings. The molecule has 4 heteroatoms. The van der Waals surface area contributed by atoms with E-state index < -0.39 is 0 Å². The third-order valence-corrected chi connectivity index (χ3v) is 3.50. The molecule has 0 aliphatic rings. The zero-order chi connectivity index (χ0) is 8.20. The molecule has 0 saturated carbocycles. The molecule has 1 N–H and O–H groups in total. The first-order valence-corrected chi connectivity index (χ1v) is 6.11. The summed E-state index contributed by atoms with van der Waals surface area (Å²) in [5.41, 5.74) is 0.986. The van der Waals surface area contributed by atoms with Gasteiger partial charge in [0.2, 0.25) is 0 Å². The van der Waals surface area contributed by atoms with Crippen molar-refractivity contribution in [2.75, 3.05) is 0 Å². The minimum atomic E-state index is 0.0260. The average Bonchev–Trinajstić information content (AvgIpc) is 1.59. The van der Waals surface area contributed by atoms with Gasteiger partial charge in [0, 0.05) is 5.70 Å². The summed E-state index contributed by atoms with van der Waals surface area (Å²) in [5, 5.41) is 3.22. The van der Waals surface area contributed by atoms with E-state index >= 15 is 0 Å². The summed E-state index contributed by atoms with van der Waals surface area (Å²) in [4.78, 5) is 0.0260. The average molecular weight is 195 g/mol. The molecule has 0 aliphatic carbocycles. The monoisotopic (exact) mass is 195 g/mol. The predicted molar refractivity (Wildman–Crippen MR) is 56.2 cm³/mol. The van der Waals surface area contributed by atoms with Gasteiger partial charge in [-0.05, 0) is 30.6 Å². The van der Waals surface area contributed by atoms with Crippen LogP contribution in [0, 0.1) is 0 Å². The Morgan fingerprint density at radius 3 is 2.40 bits per heavy atom. The number of thiol groups is 1. The smallest absolute Gasteiger partial charge is 0.0883 e. The Bertz CT molecular complexity index is 122. The van der Waals surface area contributed by atoms with E-state index in [0.29, 0.717) is 0 Å². The van der Waals surface area contributed by atoms with E-state index in [9.17, 15) is 0 Å². The van der Waals surface area contributed by atoms with Crippen LogP contribution in [-0.2, 0) is 0 Å². The zero-order valence-electron chi connectivity index (χ0n) is 6.47. The van der Waals surface area contributed by atoms with Crippen molar-refractivity contribution < 1.29 is 0 Å². The van der Waals surface area contributed by atoms with Crippen LogP contribution in [0.4, 0.5) is 0 Å². The van der Waals surface area contributed by atoms with Crippen molar-refractivity contribution in [1.29, 1.82) is 0 Å². The summed E-state index contributed by atoms with van der Waals surface area (Å²) in [6, 6.07) is 0. The SMILES string of the molecule is C=C(C)NC(C)(C)SSS. The van der Waals surface area contributed by atoms with Crippen molar-refractivity contribution in [1.82, 2.24) is 5.32 Å². The molecule has 0 unspecified atom stereocenters. The van der Waals surface area contributed by atoms with E-state index in [-0.39, 0.29) is 4.87 Å². The molecular formula is C6H13NS3. The quantitative estimate of drug-likeness (QED) is 0.406. The van der Waals surface area contributed by atoms with Crippen molar-refractivity contribution in [3.63, 3.8) is 0 Å². The number of hydrogen-bond donors (Lipinski definition) is 2. The molecule has 0 aliphatic heterocycles. The van der Waals surface area contributed by atoms with Gasteiger partial charge in [-0.2, -0.15) is 0 Å². The fraction of sp³-hybridized carbons (Fsp3) is 0.667. The van der Waals surface area contributed by atoms with E-state index in [1.165, 1.54) is 9.83 Å². The van der Waals surface area contributed by atoms with Crippen molar-refractivity contribution in [3.05, 3.63) is 12.3 Å². The highest BCUT2D eigenvalue weighted by molar-refractivity contribution is 9.05. The summed E-state index contributed by atoms with van der Waals surface area (Å²) in [6.07, 6.45) is 0. The Labute approximate surface area is 75.6 Å². The largest absolute Gasteiger partial charge is 0.374 e. The second kappa shape index (κ2) is 4.46. The van der Waals surface area contributed by atoms with E-state index in [1.807, 2.05) is 6.92 Å². The highest BCUT2D eigenvalue weighted by Crippen LogP contribution is 2.36. The molecule has 60 valence electrons. The van der Waals surface area contributed by atoms with Crippen LogP contribution in [0.2, 0.25) is 0 Å². The van der Waals surface area contributed by atoms with Crippen LogP contribution in [0.25, 0.3) is 0 Å². The van der Waals surface area contributed by atoms with E-state index in [0.717, 1.165) is 5.70 Å². The molecule has 0 radical (unpaired) electrons. The first kappa shape index (κ1) is 10.6. The Morgan fingerprint density at radius 2 is 2.10 bits per heavy atom. The van der Waals surface area contributed by atoms with Gasteiger partial charge in [0.25, 0.3) is 0 Å². The summed E-state index contributed by atoms with van der Waals surface area (Å²) >= 11 is 4.05. The normalized spacial score (nSPS) is 11.2. The van der Waals surface area contributed by atoms with Gasteiger partial charge in [-0.25, -0.2) is 0 Å². The minimum absolute atomic E-state index is 0.0260. The van der Waals surface area contributed by atoms with Crippen molar-refractivity contribution in [2.45, 2.75) is 25.6 Å². The molecule has 0 bridgehead atoms. The van der Waals surface area contributed by atoms with Gasteiger partial charge in [0.15, 0.2) is 0 Å². The zero-order valence-corrected chi connectivity index (χ0v) is 9.00. The molecule has 0 saturated heterocycles. The molecule has 10 heavy (non-hydrogen) atoms. The van der Waals surface area contributed by atoms with Gasteiger partial charge in [-0.15, -0.1) is 0 Å². The number of nitrogens with one attached hydrogen (secondary N) is 1. The maximum absolute atomic E-state index is 4.05. The molecule has 0 aromatic rings. The standard InChI is InChI=1S/C6H13NS3/c1-5(2)7-6(3,4)9-10-8/h7-8H,1H2,2-4H3. The van der Waals surface area contributed by atoms with Crippen LogP contribution < -0.4 is 5.32 Å². The highest BCUT2D eigenvalue weighted by Gasteiger charge is 2.16. The van der Waals surface area contributed by atoms with Crippen LogP contribution >= 0.6 is 32.3 Å². The van der Waals surface area contributed by atoms with Gasteiger partial charge in [-0.3, -0.25) is 0 Å². The van der Waals surface area contributed by atoms with Gasteiger partial charge in [0.05, 0.1) is 4.87 Å². The summed E-state index contributed by atoms with van der Waals surface area (Å²) in [7, 11) is 3.13. The lowest BCUT2D eigenvalue weighted by atomic mass is 10.3. The van der Waals surface area contributed by atoms with Crippen LogP contribution in [0.5, 0.6) is 0 Å². The molecule has 0 atom stereocenters. The van der Waals surface area contributed by atoms with Crippen LogP contribution in [0.1, 0.15) is 20.8 Å². The molecule has 0 spiro atoms. The van der Waals surface area contributed by atoms with Crippen LogP contribution in [0.15, 0.2) is 12.3 Å². The molecule has 0 aromatic heterocycles. The maximum atomic E-state index is 4.05. The fourth-order valence-corrected chi connectivity index (χ4v) is 3.39. The maximum Gasteiger partial charge on any atom is 0.0883 e. The first-order chi connectivity index (χ1) is 4.48. The Kier molecular flexibility index (Phi) is 4.73. The Hall–Kier alpha value is 0.590. The molecule has 1 nitrogen and oxygen atoms in total. The summed E-state index contributed by atoms with van der Waals surface area (Å²) in [6.45, 7) is 9.90. The van der Waals surface area contributed by atoms with Crippen molar-refractivity contribution in [3.8, 4) is 0 Å². The van der Waals surface area contributed by atoms with E-state index in [1.54, 1.807) is 10.8 Å². The van der Waals surface area contributed by atoms with E-state index in [4.69, 9.17) is 0 Å². The molecule has 0 heterocycles. The fourth-order valence-electron chi connectivity index (χ4n) is 0.628. The third kappa shape index (κ3) is 5.38. The lowest BCUT2D eigenvalue weighted by molar-refractivity contribution is 0.618. The molecule has 0 aromatic carbocycles. The third-order valence-electron chi connectivity index (χ3n) is 0.760. The molecule has 0 amide bonds. The molecular weight excluding hydrogens is 182 g/mol. The first-order valence-electron chi connectivity index (χ1n) is 2.91. The summed E-state index contributed by atoms with van der Waals surface area (Å²) < 4.78 is 0. The van der Waals surface area contributed by atoms with Gasteiger partial charge in [0.1, 0.15) is 0 Å². The second-order valence-corrected chi connectivity index (χ2v) is 6.20. The lowest BCUT2D eigenvalue weighted by Gasteiger charge is -2.24.